The summed E-state index contributed by atoms with van der Waals surface area (Å²) in [5.74, 6) is 0.464. The fourth-order valence-electron chi connectivity index (χ4n) is 0.564. The lowest BCUT2D eigenvalue weighted by molar-refractivity contribution is 0.263. The molecule has 0 radical (unpaired) electrons. The van der Waals surface area contributed by atoms with Crippen molar-refractivity contribution in [3.8, 4) is 0 Å². The first kappa shape index (κ1) is 14.5. The summed E-state index contributed by atoms with van der Waals surface area (Å²) in [6.45, 7) is 2.03. The lowest BCUT2D eigenvalue weighted by atomic mass is 10.2. The van der Waals surface area contributed by atoms with E-state index in [4.69, 9.17) is 10.8 Å². The second-order valence-electron chi connectivity index (χ2n) is 2.63. The van der Waals surface area contributed by atoms with Gasteiger partial charge in [0, 0.05) is 14.1 Å². The Labute approximate surface area is 90.9 Å². The number of nitrogens with zero attached hydrogens (tertiary/aromatic N) is 2. The number of guanidine groups is 1. The third kappa shape index (κ3) is 5.59. The van der Waals surface area contributed by atoms with Gasteiger partial charge in [-0.1, -0.05) is 6.92 Å². The zero-order valence-electron chi connectivity index (χ0n) is 7.82. The summed E-state index contributed by atoms with van der Waals surface area (Å²) in [6, 6.07) is -0.0580. The Morgan fingerprint density at radius 2 is 2.08 bits per heavy atom. The van der Waals surface area contributed by atoms with Gasteiger partial charge in [-0.2, -0.15) is 0 Å². The van der Waals surface area contributed by atoms with Gasteiger partial charge in [-0.25, -0.2) is 4.99 Å². The summed E-state index contributed by atoms with van der Waals surface area (Å²) in [4.78, 5) is 5.80. The predicted octanol–water partition coefficient (Wildman–Crippen LogP) is 0.252. The van der Waals surface area contributed by atoms with Crippen molar-refractivity contribution in [1.29, 1.82) is 0 Å². The average Bonchev–Trinajstić information content (AvgIpc) is 1.99. The highest BCUT2D eigenvalue weighted by Crippen LogP contribution is 1.95. The largest absolute Gasteiger partial charge is 0.394 e. The highest BCUT2D eigenvalue weighted by atomic mass is 127. The van der Waals surface area contributed by atoms with Crippen molar-refractivity contribution in [3.63, 3.8) is 0 Å². The molecule has 4 nitrogen and oxygen atoms in total. The Hall–Kier alpha value is -0.0400. The van der Waals surface area contributed by atoms with Crippen molar-refractivity contribution in [2.75, 3.05) is 20.7 Å². The fraction of sp³-hybridized carbons (Fsp3) is 0.857. The van der Waals surface area contributed by atoms with Gasteiger partial charge in [0.05, 0.1) is 12.6 Å². The van der Waals surface area contributed by atoms with E-state index in [-0.39, 0.29) is 36.6 Å². The number of rotatable bonds is 3. The van der Waals surface area contributed by atoms with Crippen LogP contribution in [0.25, 0.3) is 0 Å². The Kier molecular flexibility index (Phi) is 9.17. The minimum Gasteiger partial charge on any atom is -0.394 e. The van der Waals surface area contributed by atoms with Crippen LogP contribution in [0.3, 0.4) is 0 Å². The van der Waals surface area contributed by atoms with Gasteiger partial charge in [0.15, 0.2) is 5.96 Å². The smallest absolute Gasteiger partial charge is 0.191 e. The molecule has 12 heavy (non-hydrogen) atoms. The van der Waals surface area contributed by atoms with E-state index in [1.165, 1.54) is 0 Å². The van der Waals surface area contributed by atoms with E-state index in [2.05, 4.69) is 4.99 Å². The van der Waals surface area contributed by atoms with Crippen molar-refractivity contribution in [2.45, 2.75) is 19.4 Å². The van der Waals surface area contributed by atoms with Crippen molar-refractivity contribution in [3.05, 3.63) is 0 Å². The molecule has 1 atom stereocenters. The third-order valence-corrected chi connectivity index (χ3v) is 1.46. The number of aliphatic hydroxyl groups is 1. The second kappa shape index (κ2) is 7.60. The summed E-state index contributed by atoms with van der Waals surface area (Å²) >= 11 is 0. The summed E-state index contributed by atoms with van der Waals surface area (Å²) < 4.78 is 0. The molecule has 0 aliphatic heterocycles. The summed E-state index contributed by atoms with van der Waals surface area (Å²) in [5.41, 5.74) is 5.53. The lowest BCUT2D eigenvalue weighted by Crippen LogP contribution is -2.32. The van der Waals surface area contributed by atoms with E-state index in [0.717, 1.165) is 6.42 Å². The van der Waals surface area contributed by atoms with Crippen LogP contribution in [0.15, 0.2) is 4.99 Å². The van der Waals surface area contributed by atoms with Crippen LogP contribution in [0.4, 0.5) is 0 Å². The number of aliphatic hydroxyl groups excluding tert-OH is 1. The Morgan fingerprint density at radius 1 is 1.58 bits per heavy atom. The molecule has 0 fully saturated rings. The number of nitrogens with two attached hydrogens (primary N) is 1. The van der Waals surface area contributed by atoms with E-state index < -0.39 is 0 Å². The number of hydrogen-bond acceptors (Lipinski definition) is 2. The van der Waals surface area contributed by atoms with Crippen molar-refractivity contribution in [1.82, 2.24) is 4.90 Å². The van der Waals surface area contributed by atoms with E-state index in [0.29, 0.717) is 5.96 Å². The topological polar surface area (TPSA) is 61.9 Å². The molecule has 0 spiro atoms. The third-order valence-electron chi connectivity index (χ3n) is 1.46. The molecule has 0 saturated heterocycles. The predicted molar refractivity (Wildman–Crippen MR) is 61.9 cm³/mol. The molecule has 0 amide bonds. The van der Waals surface area contributed by atoms with Crippen LogP contribution in [0.1, 0.15) is 13.3 Å². The molecule has 0 bridgehead atoms. The first-order chi connectivity index (χ1) is 5.11. The van der Waals surface area contributed by atoms with Crippen LogP contribution < -0.4 is 5.73 Å². The van der Waals surface area contributed by atoms with E-state index >= 15 is 0 Å². The summed E-state index contributed by atoms with van der Waals surface area (Å²) in [7, 11) is 3.64. The molecular weight excluding hydrogens is 269 g/mol. The standard InChI is InChI=1S/C7H17N3O.HI/c1-4-6(5-11)9-7(8)10(2)3;/h6,11H,4-5H2,1-3H3,(H2,8,9);1H/t6-;/m1./s1. The van der Waals surface area contributed by atoms with Gasteiger partial charge in [-0.3, -0.25) is 0 Å². The zero-order valence-corrected chi connectivity index (χ0v) is 10.1. The van der Waals surface area contributed by atoms with Crippen molar-refractivity contribution < 1.29 is 5.11 Å². The molecule has 0 saturated carbocycles. The van der Waals surface area contributed by atoms with Gasteiger partial charge < -0.3 is 15.7 Å². The molecule has 3 N–H and O–H groups in total. The van der Waals surface area contributed by atoms with E-state index in [1.807, 2.05) is 21.0 Å². The summed E-state index contributed by atoms with van der Waals surface area (Å²) in [5, 5.41) is 8.78. The minimum atomic E-state index is -0.0580. The number of aliphatic imine (C=N–C) groups is 1. The zero-order chi connectivity index (χ0) is 8.85. The first-order valence-electron chi connectivity index (χ1n) is 3.73. The average molecular weight is 287 g/mol. The maximum atomic E-state index is 8.78. The molecule has 0 rings (SSSR count). The number of halogens is 1. The van der Waals surface area contributed by atoms with Crippen LogP contribution in [0, 0.1) is 0 Å². The van der Waals surface area contributed by atoms with Gasteiger partial charge in [-0.05, 0) is 6.42 Å². The molecule has 0 aromatic heterocycles. The number of hydrogen-bond donors (Lipinski definition) is 2. The molecule has 5 heteroatoms. The van der Waals surface area contributed by atoms with Gasteiger partial charge in [0.1, 0.15) is 0 Å². The fourth-order valence-corrected chi connectivity index (χ4v) is 0.564. The van der Waals surface area contributed by atoms with Crippen LogP contribution in [-0.2, 0) is 0 Å². The second-order valence-corrected chi connectivity index (χ2v) is 2.63. The van der Waals surface area contributed by atoms with Gasteiger partial charge in [-0.15, -0.1) is 24.0 Å². The summed E-state index contributed by atoms with van der Waals surface area (Å²) in [6.07, 6.45) is 0.811. The molecule has 0 aromatic rings. The Bertz CT molecular complexity index is 135. The molecule has 0 aliphatic carbocycles. The Morgan fingerprint density at radius 3 is 2.33 bits per heavy atom. The van der Waals surface area contributed by atoms with Crippen LogP contribution in [0.5, 0.6) is 0 Å². The lowest BCUT2D eigenvalue weighted by Gasteiger charge is -2.13. The highest BCUT2D eigenvalue weighted by Gasteiger charge is 2.02. The minimum absolute atomic E-state index is 0. The quantitative estimate of drug-likeness (QED) is 0.444. The van der Waals surface area contributed by atoms with Gasteiger partial charge in [0.2, 0.25) is 0 Å². The van der Waals surface area contributed by atoms with Crippen molar-refractivity contribution >= 4 is 29.9 Å². The molecule has 0 aromatic carbocycles. The monoisotopic (exact) mass is 287 g/mol. The normalized spacial score (nSPS) is 13.5. The van der Waals surface area contributed by atoms with Crippen LogP contribution in [0.2, 0.25) is 0 Å². The van der Waals surface area contributed by atoms with Crippen LogP contribution >= 0.6 is 24.0 Å². The maximum Gasteiger partial charge on any atom is 0.191 e. The van der Waals surface area contributed by atoms with Crippen LogP contribution in [-0.4, -0.2) is 42.7 Å². The SMILES string of the molecule is CC[C@H](CO)N=C(N)N(C)C.I. The first-order valence-corrected chi connectivity index (χ1v) is 3.73. The Balaban J connectivity index is 0. The van der Waals surface area contributed by atoms with Crippen molar-refractivity contribution in [2.24, 2.45) is 10.7 Å². The van der Waals surface area contributed by atoms with Gasteiger partial charge in [0.25, 0.3) is 0 Å². The maximum absolute atomic E-state index is 8.78. The molecule has 74 valence electrons. The van der Waals surface area contributed by atoms with E-state index in [1.54, 1.807) is 4.90 Å². The highest BCUT2D eigenvalue weighted by molar-refractivity contribution is 14.0. The van der Waals surface area contributed by atoms with E-state index in [9.17, 15) is 0 Å². The molecule has 0 heterocycles. The van der Waals surface area contributed by atoms with Gasteiger partial charge >= 0.3 is 0 Å². The molecule has 0 unspecified atom stereocenters. The molecular formula is C7H18IN3O. The molecule has 0 aliphatic rings.